The first-order valence-corrected chi connectivity index (χ1v) is 7.94. The third-order valence-corrected chi connectivity index (χ3v) is 3.97. The normalized spacial score (nSPS) is 10.6. The molecule has 21 heavy (non-hydrogen) atoms. The highest BCUT2D eigenvalue weighted by molar-refractivity contribution is 7.99. The molecule has 0 atom stereocenters. The minimum Gasteiger partial charge on any atom is -0.486 e. The standard InChI is InChI=1S/C14H17ClN4OS/c1-2-8-19-13(17-18-14(19)21-9-7-16)10-20-12-5-3-11(15)4-6-12/h2-6H,1,7-10,16H2/p+1. The number of nitrogens with zero attached hydrogens (tertiary/aromatic N) is 3. The van der Waals surface area contributed by atoms with Crippen LogP contribution in [0.2, 0.25) is 5.02 Å². The van der Waals surface area contributed by atoms with Gasteiger partial charge < -0.3 is 10.5 Å². The van der Waals surface area contributed by atoms with Gasteiger partial charge in [0.05, 0.1) is 12.3 Å². The van der Waals surface area contributed by atoms with Gasteiger partial charge in [0.15, 0.2) is 11.0 Å². The number of halogens is 1. The van der Waals surface area contributed by atoms with Gasteiger partial charge in [0.2, 0.25) is 0 Å². The van der Waals surface area contributed by atoms with E-state index in [0.717, 1.165) is 29.0 Å². The van der Waals surface area contributed by atoms with Gasteiger partial charge in [-0.15, -0.1) is 16.8 Å². The molecule has 1 aromatic heterocycles. The Labute approximate surface area is 133 Å². The Kier molecular flexibility index (Phi) is 6.10. The quantitative estimate of drug-likeness (QED) is 0.595. The summed E-state index contributed by atoms with van der Waals surface area (Å²) in [7, 11) is 0. The Morgan fingerprint density at radius 3 is 2.76 bits per heavy atom. The van der Waals surface area contributed by atoms with E-state index in [-0.39, 0.29) is 0 Å². The number of rotatable bonds is 8. The third-order valence-electron chi connectivity index (χ3n) is 2.66. The Morgan fingerprint density at radius 1 is 1.33 bits per heavy atom. The summed E-state index contributed by atoms with van der Waals surface area (Å²) in [6, 6.07) is 7.24. The fraction of sp³-hybridized carbons (Fsp3) is 0.286. The maximum atomic E-state index is 5.85. The van der Waals surface area contributed by atoms with E-state index in [1.54, 1.807) is 23.9 Å². The predicted octanol–water partition coefficient (Wildman–Crippen LogP) is 2.03. The molecule has 0 aliphatic carbocycles. The average Bonchev–Trinajstić information content (AvgIpc) is 2.87. The monoisotopic (exact) mass is 325 g/mol. The maximum Gasteiger partial charge on any atom is 0.191 e. The first-order chi connectivity index (χ1) is 10.2. The Hall–Kier alpha value is -1.50. The van der Waals surface area contributed by atoms with E-state index in [1.165, 1.54) is 0 Å². The zero-order valence-electron chi connectivity index (χ0n) is 11.7. The van der Waals surface area contributed by atoms with Gasteiger partial charge in [0, 0.05) is 11.6 Å². The van der Waals surface area contributed by atoms with Crippen molar-refractivity contribution in [3.8, 4) is 5.75 Å². The van der Waals surface area contributed by atoms with Crippen LogP contribution < -0.4 is 10.5 Å². The summed E-state index contributed by atoms with van der Waals surface area (Å²) in [6.07, 6.45) is 1.82. The highest BCUT2D eigenvalue weighted by atomic mass is 35.5. The van der Waals surface area contributed by atoms with E-state index in [4.69, 9.17) is 16.3 Å². The highest BCUT2D eigenvalue weighted by Crippen LogP contribution is 2.19. The molecule has 0 radical (unpaired) electrons. The number of benzene rings is 1. The molecule has 112 valence electrons. The van der Waals surface area contributed by atoms with E-state index in [2.05, 4.69) is 22.5 Å². The third kappa shape index (κ3) is 4.49. The van der Waals surface area contributed by atoms with Gasteiger partial charge in [-0.1, -0.05) is 29.4 Å². The van der Waals surface area contributed by atoms with E-state index >= 15 is 0 Å². The van der Waals surface area contributed by atoms with Crippen molar-refractivity contribution in [2.45, 2.75) is 18.3 Å². The molecule has 0 spiro atoms. The molecule has 0 unspecified atom stereocenters. The molecule has 3 N–H and O–H groups in total. The fourth-order valence-electron chi connectivity index (χ4n) is 1.69. The summed E-state index contributed by atoms with van der Waals surface area (Å²) in [5, 5.41) is 9.94. The summed E-state index contributed by atoms with van der Waals surface area (Å²) >= 11 is 7.48. The number of hydrogen-bond acceptors (Lipinski definition) is 4. The highest BCUT2D eigenvalue weighted by Gasteiger charge is 2.12. The minimum absolute atomic E-state index is 0.355. The summed E-state index contributed by atoms with van der Waals surface area (Å²) in [6.45, 7) is 5.64. The zero-order chi connectivity index (χ0) is 15.1. The van der Waals surface area contributed by atoms with Crippen LogP contribution in [0.15, 0.2) is 42.1 Å². The molecule has 2 rings (SSSR count). The Morgan fingerprint density at radius 2 is 2.10 bits per heavy atom. The lowest BCUT2D eigenvalue weighted by Gasteiger charge is -2.08. The summed E-state index contributed by atoms with van der Waals surface area (Å²) in [5.74, 6) is 2.43. The minimum atomic E-state index is 0.355. The van der Waals surface area contributed by atoms with E-state index in [1.807, 2.05) is 22.8 Å². The number of ether oxygens (including phenoxy) is 1. The molecule has 7 heteroatoms. The van der Waals surface area contributed by atoms with Crippen molar-refractivity contribution >= 4 is 23.4 Å². The first kappa shape index (κ1) is 15.9. The second-order valence-corrected chi connectivity index (χ2v) is 5.74. The van der Waals surface area contributed by atoms with E-state index < -0.39 is 0 Å². The molecule has 0 aliphatic heterocycles. The molecule has 0 bridgehead atoms. The lowest BCUT2D eigenvalue weighted by molar-refractivity contribution is -0.360. The van der Waals surface area contributed by atoms with Crippen molar-refractivity contribution in [3.05, 3.63) is 47.8 Å². The largest absolute Gasteiger partial charge is 0.486 e. The van der Waals surface area contributed by atoms with Crippen molar-refractivity contribution in [2.75, 3.05) is 12.3 Å². The number of quaternary nitrogens is 1. The van der Waals surface area contributed by atoms with Gasteiger partial charge in [0.25, 0.3) is 0 Å². The summed E-state index contributed by atoms with van der Waals surface area (Å²) in [5.41, 5.74) is 3.83. The first-order valence-electron chi connectivity index (χ1n) is 6.58. The van der Waals surface area contributed by atoms with Crippen LogP contribution in [0, 0.1) is 0 Å². The van der Waals surface area contributed by atoms with Gasteiger partial charge in [-0.25, -0.2) is 0 Å². The van der Waals surface area contributed by atoms with Gasteiger partial charge >= 0.3 is 0 Å². The Balaban J connectivity index is 2.06. The number of thioether (sulfide) groups is 1. The summed E-state index contributed by atoms with van der Waals surface area (Å²) in [4.78, 5) is 0. The van der Waals surface area contributed by atoms with Crippen LogP contribution in [-0.2, 0) is 13.2 Å². The SMILES string of the molecule is C=CCn1c(COc2ccc(Cl)cc2)nnc1SCC[NH3+]. The van der Waals surface area contributed by atoms with Gasteiger partial charge in [-0.3, -0.25) is 4.57 Å². The molecular weight excluding hydrogens is 308 g/mol. The molecule has 2 aromatic rings. The van der Waals surface area contributed by atoms with Crippen LogP contribution in [0.5, 0.6) is 5.75 Å². The molecule has 0 saturated carbocycles. The smallest absolute Gasteiger partial charge is 0.191 e. The Bertz CT molecular complexity index is 585. The molecule has 0 aliphatic rings. The second-order valence-electron chi connectivity index (χ2n) is 4.24. The van der Waals surface area contributed by atoms with Crippen LogP contribution in [0.1, 0.15) is 5.82 Å². The molecule has 0 fully saturated rings. The molecule has 1 heterocycles. The fourth-order valence-corrected chi connectivity index (χ4v) is 2.57. The van der Waals surface area contributed by atoms with Crippen molar-refractivity contribution < 1.29 is 10.5 Å². The predicted molar refractivity (Wildman–Crippen MR) is 84.5 cm³/mol. The number of hydrogen-bond donors (Lipinski definition) is 1. The molecule has 1 aromatic carbocycles. The summed E-state index contributed by atoms with van der Waals surface area (Å²) < 4.78 is 7.72. The lowest BCUT2D eigenvalue weighted by Crippen LogP contribution is -2.51. The number of aromatic nitrogens is 3. The van der Waals surface area contributed by atoms with Crippen molar-refractivity contribution in [3.63, 3.8) is 0 Å². The van der Waals surface area contributed by atoms with E-state index in [0.29, 0.717) is 18.2 Å². The van der Waals surface area contributed by atoms with Gasteiger partial charge in [-0.05, 0) is 24.3 Å². The van der Waals surface area contributed by atoms with Gasteiger partial charge in [0.1, 0.15) is 12.4 Å². The van der Waals surface area contributed by atoms with Crippen molar-refractivity contribution in [1.29, 1.82) is 0 Å². The molecule has 0 amide bonds. The maximum absolute atomic E-state index is 5.85. The van der Waals surface area contributed by atoms with Crippen molar-refractivity contribution in [2.24, 2.45) is 0 Å². The molecule has 5 nitrogen and oxygen atoms in total. The zero-order valence-corrected chi connectivity index (χ0v) is 13.2. The van der Waals surface area contributed by atoms with Gasteiger partial charge in [-0.2, -0.15) is 0 Å². The average molecular weight is 326 g/mol. The van der Waals surface area contributed by atoms with Crippen molar-refractivity contribution in [1.82, 2.24) is 14.8 Å². The van der Waals surface area contributed by atoms with Crippen LogP contribution in [0.25, 0.3) is 0 Å². The molecular formula is C14H18ClN4OS+. The molecule has 0 saturated heterocycles. The van der Waals surface area contributed by atoms with E-state index in [9.17, 15) is 0 Å². The van der Waals surface area contributed by atoms with Crippen LogP contribution in [0.4, 0.5) is 0 Å². The number of allylic oxidation sites excluding steroid dienone is 1. The lowest BCUT2D eigenvalue weighted by atomic mass is 10.3. The van der Waals surface area contributed by atoms with Crippen LogP contribution >= 0.6 is 23.4 Å². The van der Waals surface area contributed by atoms with Crippen LogP contribution in [0.3, 0.4) is 0 Å². The second kappa shape index (κ2) is 8.07. The van der Waals surface area contributed by atoms with Crippen LogP contribution in [-0.4, -0.2) is 27.1 Å². The topological polar surface area (TPSA) is 67.6 Å².